The van der Waals surface area contributed by atoms with E-state index in [-0.39, 0.29) is 5.78 Å². The van der Waals surface area contributed by atoms with Crippen molar-refractivity contribution in [2.24, 2.45) is 0 Å². The second kappa shape index (κ2) is 4.45. The number of carbonyl (C=O) groups excluding carboxylic acids is 1. The second-order valence-electron chi connectivity index (χ2n) is 5.00. The van der Waals surface area contributed by atoms with Crippen LogP contribution in [0.15, 0.2) is 34.9 Å². The quantitative estimate of drug-likeness (QED) is 0.768. The number of fused-ring (bicyclic) bond motifs is 1. The van der Waals surface area contributed by atoms with Gasteiger partial charge < -0.3 is 4.42 Å². The molecule has 18 heavy (non-hydrogen) atoms. The molecule has 2 aromatic rings. The van der Waals surface area contributed by atoms with Crippen LogP contribution in [0.25, 0.3) is 0 Å². The van der Waals surface area contributed by atoms with Gasteiger partial charge in [-0.05, 0) is 48.9 Å². The van der Waals surface area contributed by atoms with E-state index in [1.807, 2.05) is 6.92 Å². The average molecular weight is 240 g/mol. The Balaban J connectivity index is 1.78. The van der Waals surface area contributed by atoms with Crippen LogP contribution < -0.4 is 0 Å². The lowest BCUT2D eigenvalue weighted by Crippen LogP contribution is -2.02. The molecular weight excluding hydrogens is 224 g/mol. The predicted molar refractivity (Wildman–Crippen MR) is 69.9 cm³/mol. The second-order valence-corrected chi connectivity index (χ2v) is 5.00. The maximum atomic E-state index is 12.1. The van der Waals surface area contributed by atoms with Gasteiger partial charge in [0.2, 0.25) is 0 Å². The van der Waals surface area contributed by atoms with Crippen molar-refractivity contribution in [3.05, 3.63) is 58.5 Å². The van der Waals surface area contributed by atoms with Crippen molar-refractivity contribution in [1.82, 2.24) is 0 Å². The first-order valence-corrected chi connectivity index (χ1v) is 6.41. The highest BCUT2D eigenvalue weighted by Crippen LogP contribution is 2.23. The first kappa shape index (κ1) is 11.3. The van der Waals surface area contributed by atoms with Crippen LogP contribution >= 0.6 is 0 Å². The topological polar surface area (TPSA) is 30.2 Å². The number of carbonyl (C=O) groups is 1. The van der Waals surface area contributed by atoms with Crippen LogP contribution in [0, 0.1) is 6.92 Å². The zero-order valence-electron chi connectivity index (χ0n) is 10.5. The maximum absolute atomic E-state index is 12.1. The fraction of sp³-hybridized carbons (Fsp3) is 0.312. The molecule has 1 aliphatic carbocycles. The molecule has 0 amide bonds. The smallest absolute Gasteiger partial charge is 0.170 e. The summed E-state index contributed by atoms with van der Waals surface area (Å²) in [5.41, 5.74) is 4.65. The summed E-state index contributed by atoms with van der Waals surface area (Å²) in [5, 5.41) is 0. The summed E-state index contributed by atoms with van der Waals surface area (Å²) in [6.45, 7) is 1.85. The summed E-state index contributed by atoms with van der Waals surface area (Å²) >= 11 is 0. The Bertz CT molecular complexity index is 593. The first-order valence-electron chi connectivity index (χ1n) is 6.41. The van der Waals surface area contributed by atoms with E-state index in [9.17, 15) is 4.79 Å². The standard InChI is InChI=1S/C16H16O2/c1-11-7-15(10-18-11)16(17)9-12-5-6-13-3-2-4-14(13)8-12/h5-8,10H,2-4,9H2,1H3. The van der Waals surface area contributed by atoms with Crippen molar-refractivity contribution in [2.45, 2.75) is 32.6 Å². The number of hydrogen-bond donors (Lipinski definition) is 0. The fourth-order valence-electron chi connectivity index (χ4n) is 2.61. The molecule has 0 unspecified atom stereocenters. The van der Waals surface area contributed by atoms with Gasteiger partial charge in [0.15, 0.2) is 5.78 Å². The van der Waals surface area contributed by atoms with Crippen molar-refractivity contribution < 1.29 is 9.21 Å². The number of Topliss-reactive ketones (excluding diaryl/α,β-unsaturated/α-hetero) is 1. The summed E-state index contributed by atoms with van der Waals surface area (Å²) in [4.78, 5) is 12.1. The van der Waals surface area contributed by atoms with Crippen molar-refractivity contribution in [3.63, 3.8) is 0 Å². The normalized spacial score (nSPS) is 13.6. The summed E-state index contributed by atoms with van der Waals surface area (Å²) in [5.74, 6) is 0.914. The van der Waals surface area contributed by atoms with Crippen LogP contribution in [0.3, 0.4) is 0 Å². The third-order valence-electron chi connectivity index (χ3n) is 3.58. The van der Waals surface area contributed by atoms with Gasteiger partial charge in [0, 0.05) is 6.42 Å². The third kappa shape index (κ3) is 2.10. The summed E-state index contributed by atoms with van der Waals surface area (Å²) < 4.78 is 5.18. The van der Waals surface area contributed by atoms with Crippen molar-refractivity contribution in [2.75, 3.05) is 0 Å². The zero-order valence-corrected chi connectivity index (χ0v) is 10.5. The van der Waals surface area contributed by atoms with Gasteiger partial charge >= 0.3 is 0 Å². The van der Waals surface area contributed by atoms with E-state index >= 15 is 0 Å². The molecule has 0 saturated carbocycles. The molecule has 0 saturated heterocycles. The van der Waals surface area contributed by atoms with Crippen LogP contribution in [-0.4, -0.2) is 5.78 Å². The molecule has 2 nitrogen and oxygen atoms in total. The number of rotatable bonds is 3. The molecule has 92 valence electrons. The molecule has 2 heteroatoms. The predicted octanol–water partition coefficient (Wildman–Crippen LogP) is 3.50. The molecule has 0 bridgehead atoms. The molecule has 0 atom stereocenters. The molecule has 3 rings (SSSR count). The van der Waals surface area contributed by atoms with Gasteiger partial charge in [-0.15, -0.1) is 0 Å². The van der Waals surface area contributed by atoms with Crippen LogP contribution in [0.4, 0.5) is 0 Å². The summed E-state index contributed by atoms with van der Waals surface area (Å²) in [6, 6.07) is 8.24. The number of ketones is 1. The molecule has 0 aliphatic heterocycles. The maximum Gasteiger partial charge on any atom is 0.170 e. The molecule has 0 spiro atoms. The molecule has 0 fully saturated rings. The average Bonchev–Trinajstić information content (AvgIpc) is 2.96. The highest BCUT2D eigenvalue weighted by molar-refractivity contribution is 5.97. The molecule has 1 aliphatic rings. The number of hydrogen-bond acceptors (Lipinski definition) is 2. The minimum Gasteiger partial charge on any atom is -0.469 e. The number of benzene rings is 1. The Morgan fingerprint density at radius 1 is 1.22 bits per heavy atom. The van der Waals surface area contributed by atoms with Gasteiger partial charge in [-0.25, -0.2) is 0 Å². The van der Waals surface area contributed by atoms with Crippen LogP contribution in [0.2, 0.25) is 0 Å². The van der Waals surface area contributed by atoms with Crippen molar-refractivity contribution in [1.29, 1.82) is 0 Å². The monoisotopic (exact) mass is 240 g/mol. The first-order chi connectivity index (χ1) is 8.72. The van der Waals surface area contributed by atoms with E-state index in [0.717, 1.165) is 17.7 Å². The van der Waals surface area contributed by atoms with Crippen LogP contribution in [0.1, 0.15) is 39.2 Å². The van der Waals surface area contributed by atoms with E-state index in [1.165, 1.54) is 24.0 Å². The molecular formula is C16H16O2. The Kier molecular flexibility index (Phi) is 2.78. The molecule has 0 radical (unpaired) electrons. The van der Waals surface area contributed by atoms with E-state index in [4.69, 9.17) is 4.42 Å². The Morgan fingerprint density at radius 2 is 2.06 bits per heavy atom. The largest absolute Gasteiger partial charge is 0.469 e. The van der Waals surface area contributed by atoms with Gasteiger partial charge in [0.25, 0.3) is 0 Å². The lowest BCUT2D eigenvalue weighted by Gasteiger charge is -2.03. The molecule has 0 N–H and O–H groups in total. The zero-order chi connectivity index (χ0) is 12.5. The third-order valence-corrected chi connectivity index (χ3v) is 3.58. The fourth-order valence-corrected chi connectivity index (χ4v) is 2.61. The van der Waals surface area contributed by atoms with E-state index in [2.05, 4.69) is 18.2 Å². The summed E-state index contributed by atoms with van der Waals surface area (Å²) in [6.07, 6.45) is 5.59. The minimum atomic E-state index is 0.129. The lowest BCUT2D eigenvalue weighted by atomic mass is 10.0. The van der Waals surface area contributed by atoms with Gasteiger partial charge in [-0.2, -0.15) is 0 Å². The highest BCUT2D eigenvalue weighted by atomic mass is 16.3. The lowest BCUT2D eigenvalue weighted by molar-refractivity contribution is 0.0992. The number of aryl methyl sites for hydroxylation is 3. The molecule has 1 heterocycles. The van der Waals surface area contributed by atoms with E-state index in [0.29, 0.717) is 12.0 Å². The van der Waals surface area contributed by atoms with E-state index in [1.54, 1.807) is 12.3 Å². The van der Waals surface area contributed by atoms with E-state index < -0.39 is 0 Å². The van der Waals surface area contributed by atoms with Gasteiger partial charge in [-0.3, -0.25) is 4.79 Å². The Labute approximate surface area is 107 Å². The highest BCUT2D eigenvalue weighted by Gasteiger charge is 2.14. The minimum absolute atomic E-state index is 0.129. The molecule has 1 aromatic carbocycles. The van der Waals surface area contributed by atoms with Gasteiger partial charge in [0.05, 0.1) is 5.56 Å². The van der Waals surface area contributed by atoms with Crippen molar-refractivity contribution >= 4 is 5.78 Å². The van der Waals surface area contributed by atoms with Gasteiger partial charge in [-0.1, -0.05) is 18.2 Å². The van der Waals surface area contributed by atoms with Gasteiger partial charge in [0.1, 0.15) is 12.0 Å². The van der Waals surface area contributed by atoms with Crippen LogP contribution in [0.5, 0.6) is 0 Å². The number of furan rings is 1. The Hall–Kier alpha value is -1.83. The SMILES string of the molecule is Cc1cc(C(=O)Cc2ccc3c(c2)CCC3)co1. The van der Waals surface area contributed by atoms with Crippen LogP contribution in [-0.2, 0) is 19.3 Å². The molecule has 1 aromatic heterocycles. The summed E-state index contributed by atoms with van der Waals surface area (Å²) in [7, 11) is 0. The van der Waals surface area contributed by atoms with Crippen molar-refractivity contribution in [3.8, 4) is 0 Å². The Morgan fingerprint density at radius 3 is 2.83 bits per heavy atom.